The van der Waals surface area contributed by atoms with Crippen LogP contribution in [0.5, 0.6) is 86.2 Å². The average molecular weight is 883 g/mol. The molecule has 16 N–H and O–H groups in total. The SMILES string of the molecule is Oc1cc(O)c2c(c1)OC(c1ccc(O)c(O)c1)C(O)C2c1c(O)cc(O)c2c1OC(c1ccc(O)c(O)c1)C(O)C2c1c(O)cc(O)c2c1OC(c1ccc(O)c(O)c1)C(O)C2O. The Balaban J connectivity index is 1.32. The second-order valence-corrected chi connectivity index (χ2v) is 15.8. The molecule has 0 saturated carbocycles. The van der Waals surface area contributed by atoms with E-state index in [9.17, 15) is 81.7 Å². The van der Waals surface area contributed by atoms with Gasteiger partial charge in [-0.15, -0.1) is 0 Å². The van der Waals surface area contributed by atoms with Crippen molar-refractivity contribution in [2.24, 2.45) is 0 Å². The standard InChI is InChI=1S/C45H38O19/c46-17-10-24(53)30-29(11-17)62-41(14-1-4-18(47)21(50)7-14)38(59)35(30)31-25(54)12-26(55)32-36(39(60)42(63-44(31)32)15-2-5-19(48)22(51)8-15)33-27(56)13-28(57)34-37(58)40(61)43(64-45(33)34)16-3-6-20(49)23(52)9-16/h1-13,35-43,46-61H. The Kier molecular flexibility index (Phi) is 9.67. The van der Waals surface area contributed by atoms with Crippen molar-refractivity contribution >= 4 is 0 Å². The summed E-state index contributed by atoms with van der Waals surface area (Å²) in [5.74, 6) is -12.8. The lowest BCUT2D eigenvalue weighted by molar-refractivity contribution is -0.0723. The summed E-state index contributed by atoms with van der Waals surface area (Å²) in [7, 11) is 0. The molecule has 3 aliphatic rings. The molecule has 0 bridgehead atoms. The van der Waals surface area contributed by atoms with Crippen LogP contribution in [0.1, 0.15) is 80.8 Å². The molecule has 9 atom stereocenters. The number of ether oxygens (including phenoxy) is 3. The maximum Gasteiger partial charge on any atom is 0.157 e. The summed E-state index contributed by atoms with van der Waals surface area (Å²) < 4.78 is 18.8. The molecule has 9 unspecified atom stereocenters. The summed E-state index contributed by atoms with van der Waals surface area (Å²) >= 11 is 0. The fourth-order valence-corrected chi connectivity index (χ4v) is 8.98. The first-order valence-corrected chi connectivity index (χ1v) is 19.4. The highest BCUT2D eigenvalue weighted by Crippen LogP contribution is 2.63. The zero-order valence-electron chi connectivity index (χ0n) is 32.6. The number of phenols is 12. The van der Waals surface area contributed by atoms with E-state index >= 15 is 0 Å². The minimum atomic E-state index is -2.00. The van der Waals surface area contributed by atoms with Crippen LogP contribution in [-0.4, -0.2) is 100 Å². The van der Waals surface area contributed by atoms with Gasteiger partial charge in [0.2, 0.25) is 0 Å². The smallest absolute Gasteiger partial charge is 0.157 e. The van der Waals surface area contributed by atoms with Crippen molar-refractivity contribution in [2.45, 2.75) is 54.6 Å². The fourth-order valence-electron chi connectivity index (χ4n) is 8.98. The lowest BCUT2D eigenvalue weighted by Crippen LogP contribution is -2.39. The lowest BCUT2D eigenvalue weighted by Gasteiger charge is -2.43. The minimum Gasteiger partial charge on any atom is -0.508 e. The molecule has 0 aliphatic carbocycles. The number of aromatic hydroxyl groups is 12. The van der Waals surface area contributed by atoms with E-state index in [0.29, 0.717) is 0 Å². The fraction of sp³-hybridized carbons (Fsp3) is 0.200. The third-order valence-electron chi connectivity index (χ3n) is 11.9. The zero-order valence-corrected chi connectivity index (χ0v) is 32.6. The Morgan fingerprint density at radius 1 is 0.312 bits per heavy atom. The number of hydrogen-bond donors (Lipinski definition) is 16. The molecule has 0 radical (unpaired) electrons. The first-order chi connectivity index (χ1) is 30.4. The number of fused-ring (bicyclic) bond motifs is 3. The molecular formula is C45H38O19. The van der Waals surface area contributed by atoms with Gasteiger partial charge in [0.25, 0.3) is 0 Å². The van der Waals surface area contributed by atoms with Crippen LogP contribution < -0.4 is 14.2 Å². The maximum absolute atomic E-state index is 12.5. The van der Waals surface area contributed by atoms with Crippen molar-refractivity contribution in [3.63, 3.8) is 0 Å². The first-order valence-electron chi connectivity index (χ1n) is 19.4. The van der Waals surface area contributed by atoms with Gasteiger partial charge in [-0.1, -0.05) is 18.2 Å². The third kappa shape index (κ3) is 6.36. The number of phenolic OH excluding ortho intramolecular Hbond substituents is 12. The topological polar surface area (TPSA) is 351 Å². The van der Waals surface area contributed by atoms with Crippen LogP contribution in [0.2, 0.25) is 0 Å². The number of benzene rings is 6. The molecule has 64 heavy (non-hydrogen) atoms. The second kappa shape index (κ2) is 14.9. The quantitative estimate of drug-likeness (QED) is 0.109. The molecule has 0 amide bonds. The van der Waals surface area contributed by atoms with E-state index in [1.807, 2.05) is 0 Å². The van der Waals surface area contributed by atoms with Crippen LogP contribution in [0.3, 0.4) is 0 Å². The highest BCUT2D eigenvalue weighted by Gasteiger charge is 2.51. The molecule has 0 aromatic heterocycles. The first kappa shape index (κ1) is 41.5. The normalized spacial score (nSPS) is 24.6. The lowest BCUT2D eigenvalue weighted by atomic mass is 9.73. The van der Waals surface area contributed by atoms with Crippen molar-refractivity contribution in [2.75, 3.05) is 0 Å². The summed E-state index contributed by atoms with van der Waals surface area (Å²) in [5.41, 5.74) is -2.11. The van der Waals surface area contributed by atoms with Crippen LogP contribution in [-0.2, 0) is 0 Å². The van der Waals surface area contributed by atoms with Crippen molar-refractivity contribution < 1.29 is 95.9 Å². The van der Waals surface area contributed by atoms with Crippen molar-refractivity contribution in [1.82, 2.24) is 0 Å². The van der Waals surface area contributed by atoms with E-state index in [1.165, 1.54) is 18.2 Å². The van der Waals surface area contributed by atoms with E-state index in [2.05, 4.69) is 0 Å². The van der Waals surface area contributed by atoms with Gasteiger partial charge in [-0.25, -0.2) is 0 Å². The summed E-state index contributed by atoms with van der Waals surface area (Å²) in [6, 6.07) is 13.7. The van der Waals surface area contributed by atoms with Gasteiger partial charge in [0, 0.05) is 46.5 Å². The Morgan fingerprint density at radius 2 is 0.672 bits per heavy atom. The van der Waals surface area contributed by atoms with Gasteiger partial charge in [0.05, 0.1) is 17.4 Å². The number of hydrogen-bond acceptors (Lipinski definition) is 19. The van der Waals surface area contributed by atoms with Crippen LogP contribution in [0.15, 0.2) is 78.9 Å². The molecule has 19 heteroatoms. The van der Waals surface area contributed by atoms with E-state index in [-0.39, 0.29) is 28.0 Å². The van der Waals surface area contributed by atoms with Crippen LogP contribution in [0.4, 0.5) is 0 Å². The van der Waals surface area contributed by atoms with Gasteiger partial charge in [-0.2, -0.15) is 0 Å². The van der Waals surface area contributed by atoms with E-state index in [0.717, 1.165) is 60.7 Å². The predicted molar refractivity (Wildman–Crippen MR) is 215 cm³/mol. The summed E-state index contributed by atoms with van der Waals surface area (Å²) in [5, 5.41) is 178. The second-order valence-electron chi connectivity index (χ2n) is 15.8. The van der Waals surface area contributed by atoms with E-state index < -0.39 is 157 Å². The molecule has 3 aliphatic heterocycles. The van der Waals surface area contributed by atoms with Gasteiger partial charge in [-0.05, 0) is 53.1 Å². The largest absolute Gasteiger partial charge is 0.508 e. The molecule has 0 saturated heterocycles. The average Bonchev–Trinajstić information content (AvgIpc) is 3.23. The molecule has 3 heterocycles. The van der Waals surface area contributed by atoms with Crippen LogP contribution >= 0.6 is 0 Å². The Morgan fingerprint density at radius 3 is 1.11 bits per heavy atom. The molecular weight excluding hydrogens is 844 g/mol. The maximum atomic E-state index is 12.5. The van der Waals surface area contributed by atoms with E-state index in [4.69, 9.17) is 14.2 Å². The molecule has 6 aromatic rings. The zero-order chi connectivity index (χ0) is 45.8. The minimum absolute atomic E-state index is 0.0174. The van der Waals surface area contributed by atoms with Crippen molar-refractivity contribution in [1.29, 1.82) is 0 Å². The third-order valence-corrected chi connectivity index (χ3v) is 11.9. The number of aliphatic hydroxyl groups is 4. The predicted octanol–water partition coefficient (Wildman–Crippen LogP) is 3.93. The molecule has 0 spiro atoms. The van der Waals surface area contributed by atoms with Crippen LogP contribution in [0, 0.1) is 0 Å². The summed E-state index contributed by atoms with van der Waals surface area (Å²) in [6.07, 6.45) is -12.6. The molecule has 0 fully saturated rings. The van der Waals surface area contributed by atoms with Crippen molar-refractivity contribution in [3.05, 3.63) is 123 Å². The number of rotatable bonds is 5. The highest BCUT2D eigenvalue weighted by molar-refractivity contribution is 5.71. The molecule has 9 rings (SSSR count). The Labute approximate surface area is 359 Å². The van der Waals surface area contributed by atoms with Crippen LogP contribution in [0.25, 0.3) is 0 Å². The summed E-state index contributed by atoms with van der Waals surface area (Å²) in [6.45, 7) is 0. The van der Waals surface area contributed by atoms with Gasteiger partial charge < -0.3 is 95.9 Å². The molecule has 19 nitrogen and oxygen atoms in total. The summed E-state index contributed by atoms with van der Waals surface area (Å²) in [4.78, 5) is 0. The van der Waals surface area contributed by atoms with Gasteiger partial charge in [0.1, 0.15) is 76.2 Å². The highest BCUT2D eigenvalue weighted by atomic mass is 16.5. The number of aliphatic hydroxyl groups excluding tert-OH is 4. The van der Waals surface area contributed by atoms with Gasteiger partial charge in [-0.3, -0.25) is 0 Å². The molecule has 332 valence electrons. The Bertz CT molecular complexity index is 2880. The molecule has 6 aromatic carbocycles. The van der Waals surface area contributed by atoms with E-state index in [1.54, 1.807) is 0 Å². The van der Waals surface area contributed by atoms with Gasteiger partial charge >= 0.3 is 0 Å². The van der Waals surface area contributed by atoms with Crippen molar-refractivity contribution in [3.8, 4) is 86.2 Å². The Hall–Kier alpha value is -7.84. The monoisotopic (exact) mass is 882 g/mol. The van der Waals surface area contributed by atoms with Gasteiger partial charge in [0.15, 0.2) is 52.8 Å².